The van der Waals surface area contributed by atoms with Crippen LogP contribution < -0.4 is 0 Å². The van der Waals surface area contributed by atoms with Crippen molar-refractivity contribution < 1.29 is 4.74 Å². The van der Waals surface area contributed by atoms with E-state index in [-0.39, 0.29) is 12.2 Å². The van der Waals surface area contributed by atoms with Crippen LogP contribution in [-0.2, 0) is 4.74 Å². The number of benzene rings is 2. The minimum Gasteiger partial charge on any atom is -0.356 e. The maximum Gasteiger partial charge on any atom is 0.110 e. The normalized spacial score (nSPS) is 25.1. The monoisotopic (exact) mass is 194 g/mol. The van der Waals surface area contributed by atoms with E-state index in [4.69, 9.17) is 4.74 Å². The average Bonchev–Trinajstić information content (AvgIpc) is 2.86. The molecule has 2 aliphatic rings. The second-order valence-electron chi connectivity index (χ2n) is 4.15. The lowest BCUT2D eigenvalue weighted by Crippen LogP contribution is -2.01. The molecule has 2 bridgehead atoms. The van der Waals surface area contributed by atoms with Gasteiger partial charge in [0.2, 0.25) is 0 Å². The number of hydrogen-bond donors (Lipinski definition) is 0. The summed E-state index contributed by atoms with van der Waals surface area (Å²) in [6.07, 6.45) is 0.366. The predicted molar refractivity (Wildman–Crippen MR) is 57.7 cm³/mol. The molecule has 0 amide bonds. The largest absolute Gasteiger partial charge is 0.356 e. The molecule has 0 fully saturated rings. The molecule has 4 rings (SSSR count). The molecule has 2 heterocycles. The molecule has 0 N–H and O–H groups in total. The molecule has 0 spiro atoms. The lowest BCUT2D eigenvalue weighted by Gasteiger charge is -2.14. The van der Waals surface area contributed by atoms with Gasteiger partial charge in [0.05, 0.1) is 0 Å². The minimum absolute atomic E-state index is 0.183. The highest BCUT2D eigenvalue weighted by Gasteiger charge is 2.41. The molecule has 2 aliphatic heterocycles. The van der Waals surface area contributed by atoms with E-state index in [0.29, 0.717) is 0 Å². The van der Waals surface area contributed by atoms with Crippen molar-refractivity contribution in [2.24, 2.45) is 0 Å². The number of rotatable bonds is 0. The van der Waals surface area contributed by atoms with E-state index in [1.807, 2.05) is 0 Å². The van der Waals surface area contributed by atoms with Gasteiger partial charge in [0.25, 0.3) is 0 Å². The van der Waals surface area contributed by atoms with E-state index in [9.17, 15) is 0 Å². The molecule has 2 aromatic rings. The molecule has 0 aromatic heterocycles. The quantitative estimate of drug-likeness (QED) is 0.625. The Morgan fingerprint density at radius 1 is 0.600 bits per heavy atom. The van der Waals surface area contributed by atoms with E-state index in [0.717, 1.165) is 0 Å². The molecule has 0 unspecified atom stereocenters. The van der Waals surface area contributed by atoms with Gasteiger partial charge in [-0.15, -0.1) is 0 Å². The maximum atomic E-state index is 6.01. The van der Waals surface area contributed by atoms with Gasteiger partial charge >= 0.3 is 0 Å². The van der Waals surface area contributed by atoms with Crippen LogP contribution in [0.25, 0.3) is 0 Å². The zero-order valence-corrected chi connectivity index (χ0v) is 8.18. The Kier molecular flexibility index (Phi) is 1.28. The fourth-order valence-corrected chi connectivity index (χ4v) is 2.74. The molecule has 15 heavy (non-hydrogen) atoms. The van der Waals surface area contributed by atoms with Crippen molar-refractivity contribution in [2.45, 2.75) is 12.2 Å². The summed E-state index contributed by atoms with van der Waals surface area (Å²) < 4.78 is 6.01. The van der Waals surface area contributed by atoms with Crippen LogP contribution in [-0.4, -0.2) is 0 Å². The van der Waals surface area contributed by atoms with E-state index < -0.39 is 0 Å². The predicted octanol–water partition coefficient (Wildman–Crippen LogP) is 3.21. The standard InChI is InChI=1S/C14H10O/c1-2-6-10-9(5-1)13-11-7-3-4-8-12(11)14(10)15-13/h1-8,13-14H. The summed E-state index contributed by atoms with van der Waals surface area (Å²) >= 11 is 0. The molecular formula is C14H10O. The van der Waals surface area contributed by atoms with Crippen LogP contribution in [0.4, 0.5) is 0 Å². The summed E-state index contributed by atoms with van der Waals surface area (Å²) in [4.78, 5) is 0. The third-order valence-electron chi connectivity index (χ3n) is 3.39. The Hall–Kier alpha value is -1.60. The van der Waals surface area contributed by atoms with E-state index in [1.165, 1.54) is 22.3 Å². The topological polar surface area (TPSA) is 9.23 Å². The lowest BCUT2D eigenvalue weighted by atomic mass is 9.86. The van der Waals surface area contributed by atoms with Crippen molar-refractivity contribution in [3.63, 3.8) is 0 Å². The molecule has 0 atom stereocenters. The SMILES string of the molecule is c1ccc2c(c1)C1OC2c2ccccc21. The van der Waals surface area contributed by atoms with Gasteiger partial charge in [-0.25, -0.2) is 0 Å². The van der Waals surface area contributed by atoms with Crippen molar-refractivity contribution in [3.8, 4) is 0 Å². The van der Waals surface area contributed by atoms with Crippen LogP contribution in [0, 0.1) is 0 Å². The third kappa shape index (κ3) is 0.822. The Morgan fingerprint density at radius 2 is 0.933 bits per heavy atom. The first-order valence-electron chi connectivity index (χ1n) is 5.28. The Morgan fingerprint density at radius 3 is 1.27 bits per heavy atom. The van der Waals surface area contributed by atoms with Gasteiger partial charge in [-0.2, -0.15) is 0 Å². The molecule has 0 saturated carbocycles. The van der Waals surface area contributed by atoms with Crippen molar-refractivity contribution >= 4 is 0 Å². The molecule has 0 aliphatic carbocycles. The zero-order chi connectivity index (χ0) is 9.83. The minimum atomic E-state index is 0.183. The maximum absolute atomic E-state index is 6.01. The second kappa shape index (κ2) is 2.50. The van der Waals surface area contributed by atoms with Crippen molar-refractivity contribution in [1.82, 2.24) is 0 Å². The van der Waals surface area contributed by atoms with E-state index >= 15 is 0 Å². The molecule has 2 aromatic carbocycles. The van der Waals surface area contributed by atoms with Crippen LogP contribution >= 0.6 is 0 Å². The van der Waals surface area contributed by atoms with E-state index in [1.54, 1.807) is 0 Å². The van der Waals surface area contributed by atoms with Crippen molar-refractivity contribution in [1.29, 1.82) is 0 Å². The summed E-state index contributed by atoms with van der Waals surface area (Å²) in [5.41, 5.74) is 5.39. The average molecular weight is 194 g/mol. The highest BCUT2D eigenvalue weighted by molar-refractivity contribution is 5.53. The van der Waals surface area contributed by atoms with Gasteiger partial charge in [0.1, 0.15) is 12.2 Å². The first-order valence-corrected chi connectivity index (χ1v) is 5.28. The molecule has 1 nitrogen and oxygen atoms in total. The molecule has 0 radical (unpaired) electrons. The van der Waals surface area contributed by atoms with Crippen LogP contribution in [0.5, 0.6) is 0 Å². The van der Waals surface area contributed by atoms with Crippen LogP contribution in [0.15, 0.2) is 48.5 Å². The van der Waals surface area contributed by atoms with Gasteiger partial charge in [-0.05, 0) is 22.3 Å². The van der Waals surface area contributed by atoms with Crippen LogP contribution in [0.1, 0.15) is 34.5 Å². The summed E-state index contributed by atoms with van der Waals surface area (Å²) in [6, 6.07) is 17.1. The van der Waals surface area contributed by atoms with Crippen molar-refractivity contribution in [3.05, 3.63) is 70.8 Å². The fourth-order valence-electron chi connectivity index (χ4n) is 2.74. The van der Waals surface area contributed by atoms with Gasteiger partial charge < -0.3 is 4.74 Å². The fraction of sp³-hybridized carbons (Fsp3) is 0.143. The summed E-state index contributed by atoms with van der Waals surface area (Å²) in [5.74, 6) is 0. The number of hydrogen-bond acceptors (Lipinski definition) is 1. The van der Waals surface area contributed by atoms with Gasteiger partial charge in [0.15, 0.2) is 0 Å². The molecule has 1 heteroatoms. The van der Waals surface area contributed by atoms with Gasteiger partial charge in [-0.3, -0.25) is 0 Å². The Bertz CT molecular complexity index is 449. The number of ether oxygens (including phenoxy) is 1. The molecule has 0 saturated heterocycles. The summed E-state index contributed by atoms with van der Waals surface area (Å²) in [5, 5.41) is 0. The van der Waals surface area contributed by atoms with E-state index in [2.05, 4.69) is 48.5 Å². The van der Waals surface area contributed by atoms with Gasteiger partial charge in [0, 0.05) is 0 Å². The third-order valence-corrected chi connectivity index (χ3v) is 3.39. The Labute approximate surface area is 88.3 Å². The number of fused-ring (bicyclic) bond motifs is 8. The first-order chi connectivity index (χ1) is 7.45. The summed E-state index contributed by atoms with van der Waals surface area (Å²) in [7, 11) is 0. The zero-order valence-electron chi connectivity index (χ0n) is 8.18. The molecule has 72 valence electrons. The van der Waals surface area contributed by atoms with Crippen LogP contribution in [0.2, 0.25) is 0 Å². The van der Waals surface area contributed by atoms with Crippen molar-refractivity contribution in [2.75, 3.05) is 0 Å². The molecular weight excluding hydrogens is 184 g/mol. The highest BCUT2D eigenvalue weighted by Crippen LogP contribution is 2.53. The first kappa shape index (κ1) is 7.66. The second-order valence-corrected chi connectivity index (χ2v) is 4.15. The highest BCUT2D eigenvalue weighted by atomic mass is 16.5. The summed E-state index contributed by atoms with van der Waals surface area (Å²) in [6.45, 7) is 0. The smallest absolute Gasteiger partial charge is 0.110 e. The Balaban J connectivity index is 2.02. The van der Waals surface area contributed by atoms with Gasteiger partial charge in [-0.1, -0.05) is 48.5 Å². The lowest BCUT2D eigenvalue weighted by molar-refractivity contribution is 0.0857. The van der Waals surface area contributed by atoms with Crippen LogP contribution in [0.3, 0.4) is 0 Å².